The minimum Gasteiger partial charge on any atom is -0.504 e. The van der Waals surface area contributed by atoms with Gasteiger partial charge in [0.1, 0.15) is 29.6 Å². The van der Waals surface area contributed by atoms with E-state index in [-0.39, 0.29) is 28.6 Å². The fourth-order valence-electron chi connectivity index (χ4n) is 4.80. The molecule has 5 N–H and O–H groups in total. The molecule has 214 valence electrons. The summed E-state index contributed by atoms with van der Waals surface area (Å²) in [6.07, 6.45) is 3.18. The molecule has 0 spiro atoms. The maximum absolute atomic E-state index is 15.5. The van der Waals surface area contributed by atoms with Crippen LogP contribution in [0.25, 0.3) is 0 Å². The second-order valence-electron chi connectivity index (χ2n) is 9.73. The number of nitrogen functional groups attached to an aromatic ring is 1. The number of nitrogens with one attached hydrogen (secondary N) is 1. The number of hydrogen-bond donors (Lipinski definition) is 4. The summed E-state index contributed by atoms with van der Waals surface area (Å²) in [6, 6.07) is 8.43. The van der Waals surface area contributed by atoms with Crippen molar-refractivity contribution in [3.05, 3.63) is 65.4 Å². The lowest BCUT2D eigenvalue weighted by Crippen LogP contribution is -2.28. The van der Waals surface area contributed by atoms with Crippen molar-refractivity contribution in [2.24, 2.45) is 16.6 Å². The van der Waals surface area contributed by atoms with E-state index < -0.39 is 47.4 Å². The van der Waals surface area contributed by atoms with Crippen molar-refractivity contribution < 1.29 is 38.0 Å². The Morgan fingerprint density at radius 2 is 1.95 bits per heavy atom. The number of pyridine rings is 1. The van der Waals surface area contributed by atoms with Gasteiger partial charge in [-0.05, 0) is 62.7 Å². The van der Waals surface area contributed by atoms with Crippen LogP contribution in [0.1, 0.15) is 36.6 Å². The Labute approximate surface area is 233 Å². The predicted octanol–water partition coefficient (Wildman–Crippen LogP) is 4.58. The number of phenolic OH excluding ortho intramolecular Hbond substituents is 1. The maximum Gasteiger partial charge on any atom is 0.310 e. The minimum atomic E-state index is -1.28. The molecule has 3 unspecified atom stereocenters. The molecule has 1 fully saturated rings. The number of carbonyl (C=O) groups is 1. The number of hydrogen-bond acceptors (Lipinski definition) is 9. The molecule has 0 saturated heterocycles. The summed E-state index contributed by atoms with van der Waals surface area (Å²) in [6.45, 7) is 0.525. The molecule has 2 aromatic carbocycles. The van der Waals surface area contributed by atoms with Crippen LogP contribution in [0.4, 0.5) is 8.78 Å². The van der Waals surface area contributed by atoms with Crippen molar-refractivity contribution in [2.45, 2.75) is 31.5 Å². The average molecular weight is 568 g/mol. The summed E-state index contributed by atoms with van der Waals surface area (Å²) in [5.74, 6) is -5.91. The van der Waals surface area contributed by atoms with Gasteiger partial charge in [0.15, 0.2) is 17.3 Å². The first-order valence-corrected chi connectivity index (χ1v) is 12.7. The van der Waals surface area contributed by atoms with Crippen LogP contribution in [0, 0.1) is 23.0 Å². The highest BCUT2D eigenvalue weighted by molar-refractivity contribution is 5.95. The van der Waals surface area contributed by atoms with Gasteiger partial charge in [-0.15, -0.1) is 0 Å². The third kappa shape index (κ3) is 5.75. The molecule has 11 nitrogen and oxygen atoms in total. The molecule has 3 atom stereocenters. The molecule has 0 radical (unpaired) electrons. The van der Waals surface area contributed by atoms with Crippen LogP contribution in [0.3, 0.4) is 0 Å². The number of aliphatic carboxylic acids is 1. The van der Waals surface area contributed by atoms with Crippen molar-refractivity contribution in [1.29, 1.82) is 5.41 Å². The second kappa shape index (κ2) is 11.4. The number of nitrogens with zero attached hydrogens (tertiary/aromatic N) is 3. The van der Waals surface area contributed by atoms with E-state index in [2.05, 4.69) is 9.98 Å². The molecule has 2 aliphatic rings. The number of nitrogens with two attached hydrogens (primary N) is 1. The molecule has 1 saturated carbocycles. The maximum atomic E-state index is 15.5. The smallest absolute Gasteiger partial charge is 0.310 e. The van der Waals surface area contributed by atoms with E-state index in [1.54, 1.807) is 12.3 Å². The number of amidine groups is 1. The average Bonchev–Trinajstić information content (AvgIpc) is 3.58. The monoisotopic (exact) mass is 567 g/mol. The van der Waals surface area contributed by atoms with Gasteiger partial charge >= 0.3 is 5.97 Å². The van der Waals surface area contributed by atoms with Gasteiger partial charge in [-0.25, -0.2) is 9.37 Å². The molecule has 2 heterocycles. The van der Waals surface area contributed by atoms with E-state index in [0.29, 0.717) is 36.9 Å². The Balaban J connectivity index is 1.47. The number of aromatic hydroxyl groups is 1. The zero-order valence-electron chi connectivity index (χ0n) is 21.9. The molecule has 5 rings (SSSR count). The summed E-state index contributed by atoms with van der Waals surface area (Å²) in [5.41, 5.74) is 6.12. The van der Waals surface area contributed by atoms with E-state index in [4.69, 9.17) is 25.4 Å². The summed E-state index contributed by atoms with van der Waals surface area (Å²) >= 11 is 0. The van der Waals surface area contributed by atoms with Gasteiger partial charge in [0, 0.05) is 23.9 Å². The number of aliphatic imine (C=N–C) groups is 1. The standard InChI is InChI=1S/C28H27F2N5O6/c1-35-10-9-33-26(35)17-12-15(39-20-4-2-3-16(20)28(37)38)6-8-21(17)40-24-18(29)13-34-27(23(24)30)41-22-11-14(25(31)32)5-7-19(22)36/h5-9,11-13,16,20,26,36H,2-4,10H2,1H3,(H3,31,32)(H,37,38). The molecule has 1 aromatic heterocycles. The van der Waals surface area contributed by atoms with E-state index >= 15 is 4.39 Å². The Morgan fingerprint density at radius 3 is 2.66 bits per heavy atom. The van der Waals surface area contributed by atoms with Gasteiger partial charge in [0.05, 0.1) is 12.1 Å². The summed E-state index contributed by atoms with van der Waals surface area (Å²) < 4.78 is 47.6. The van der Waals surface area contributed by atoms with Gasteiger partial charge in [0.25, 0.3) is 5.88 Å². The Bertz CT molecular complexity index is 1530. The second-order valence-corrected chi connectivity index (χ2v) is 9.73. The van der Waals surface area contributed by atoms with Crippen molar-refractivity contribution in [2.75, 3.05) is 13.6 Å². The summed E-state index contributed by atoms with van der Waals surface area (Å²) in [7, 11) is 1.81. The Hall–Kier alpha value is -4.78. The van der Waals surface area contributed by atoms with Crippen molar-refractivity contribution >= 4 is 18.0 Å². The van der Waals surface area contributed by atoms with Gasteiger partial charge in [-0.1, -0.05) is 0 Å². The number of carboxylic acids is 1. The first-order chi connectivity index (χ1) is 19.6. The SMILES string of the molecule is CN1CC=NC1c1cc(OC2CCCC2C(=O)O)ccc1Oc1c(F)cnc(Oc2cc(C(=N)N)ccc2O)c1F. The van der Waals surface area contributed by atoms with Crippen LogP contribution in [0.2, 0.25) is 0 Å². The van der Waals surface area contributed by atoms with Crippen LogP contribution in [-0.2, 0) is 4.79 Å². The number of halogens is 2. The zero-order valence-corrected chi connectivity index (χ0v) is 21.9. The van der Waals surface area contributed by atoms with Gasteiger partial charge in [-0.3, -0.25) is 20.1 Å². The topological polar surface area (TPSA) is 164 Å². The highest BCUT2D eigenvalue weighted by Gasteiger charge is 2.35. The highest BCUT2D eigenvalue weighted by atomic mass is 19.1. The van der Waals surface area contributed by atoms with Gasteiger partial charge < -0.3 is 30.2 Å². The van der Waals surface area contributed by atoms with Crippen molar-refractivity contribution in [3.63, 3.8) is 0 Å². The first-order valence-electron chi connectivity index (χ1n) is 12.7. The quantitative estimate of drug-likeness (QED) is 0.214. The molecule has 3 aromatic rings. The third-order valence-electron chi connectivity index (χ3n) is 6.94. The van der Waals surface area contributed by atoms with Crippen LogP contribution in [0.15, 0.2) is 47.6 Å². The molecular weight excluding hydrogens is 540 g/mol. The van der Waals surface area contributed by atoms with Crippen LogP contribution in [0.5, 0.6) is 34.6 Å². The highest BCUT2D eigenvalue weighted by Crippen LogP contribution is 2.41. The molecule has 0 amide bonds. The molecule has 1 aliphatic heterocycles. The minimum absolute atomic E-state index is 0.0748. The van der Waals surface area contributed by atoms with Crippen LogP contribution < -0.4 is 19.9 Å². The van der Waals surface area contributed by atoms with Crippen molar-refractivity contribution in [1.82, 2.24) is 9.88 Å². The number of phenols is 1. The van der Waals surface area contributed by atoms with E-state index in [1.807, 2.05) is 11.9 Å². The lowest BCUT2D eigenvalue weighted by Gasteiger charge is -2.23. The summed E-state index contributed by atoms with van der Waals surface area (Å²) in [5, 5.41) is 27.2. The largest absolute Gasteiger partial charge is 0.504 e. The lowest BCUT2D eigenvalue weighted by atomic mass is 10.1. The number of aromatic nitrogens is 1. The van der Waals surface area contributed by atoms with Crippen LogP contribution in [-0.4, -0.2) is 57.8 Å². The Morgan fingerprint density at radius 1 is 1.15 bits per heavy atom. The van der Waals surface area contributed by atoms with E-state index in [0.717, 1.165) is 6.42 Å². The molecule has 0 bridgehead atoms. The number of ether oxygens (including phenoxy) is 3. The molecule has 13 heteroatoms. The lowest BCUT2D eigenvalue weighted by molar-refractivity contribution is -0.144. The fourth-order valence-corrected chi connectivity index (χ4v) is 4.80. The van der Waals surface area contributed by atoms with Crippen molar-refractivity contribution in [3.8, 4) is 34.6 Å². The number of rotatable bonds is 9. The normalized spacial score (nSPS) is 20.2. The molecular formula is C28H27F2N5O6. The van der Waals surface area contributed by atoms with Gasteiger partial charge in [0.2, 0.25) is 11.6 Å². The zero-order chi connectivity index (χ0) is 29.3. The number of benzene rings is 2. The van der Waals surface area contributed by atoms with Gasteiger partial charge in [-0.2, -0.15) is 4.39 Å². The Kier molecular flexibility index (Phi) is 7.70. The number of carboxylic acid groups (broad SMARTS) is 1. The van der Waals surface area contributed by atoms with E-state index in [9.17, 15) is 19.4 Å². The fraction of sp³-hybridized carbons (Fsp3) is 0.286. The predicted molar refractivity (Wildman–Crippen MR) is 143 cm³/mol. The third-order valence-corrected chi connectivity index (χ3v) is 6.94. The molecule has 41 heavy (non-hydrogen) atoms. The van der Waals surface area contributed by atoms with Crippen LogP contribution >= 0.6 is 0 Å². The first kappa shape index (κ1) is 27.8. The van der Waals surface area contributed by atoms with E-state index in [1.165, 1.54) is 30.3 Å². The summed E-state index contributed by atoms with van der Waals surface area (Å²) in [4.78, 5) is 21.6. The molecule has 1 aliphatic carbocycles.